The van der Waals surface area contributed by atoms with E-state index in [1.165, 1.54) is 0 Å². The van der Waals surface area contributed by atoms with Crippen molar-refractivity contribution in [1.82, 2.24) is 5.32 Å². The third-order valence-corrected chi connectivity index (χ3v) is 4.61. The molecule has 6 nitrogen and oxygen atoms in total. The number of esters is 1. The Labute approximate surface area is 173 Å². The molecule has 8 heteroatoms. The SMILES string of the molecule is CSCC[C@H](NC(=O)c1ccc(Cl)cc1)C(=O)OCC(=O)Nc1ccccc1. The molecule has 0 aliphatic heterocycles. The summed E-state index contributed by atoms with van der Waals surface area (Å²) in [5, 5.41) is 5.80. The molecule has 0 radical (unpaired) electrons. The summed E-state index contributed by atoms with van der Waals surface area (Å²) in [5.74, 6) is -0.864. The van der Waals surface area contributed by atoms with Crippen molar-refractivity contribution in [1.29, 1.82) is 0 Å². The van der Waals surface area contributed by atoms with E-state index >= 15 is 0 Å². The van der Waals surface area contributed by atoms with Crippen LogP contribution in [0, 0.1) is 0 Å². The number of nitrogens with one attached hydrogen (secondary N) is 2. The van der Waals surface area contributed by atoms with Crippen LogP contribution in [0.25, 0.3) is 0 Å². The summed E-state index contributed by atoms with van der Waals surface area (Å²) in [5.41, 5.74) is 0.992. The van der Waals surface area contributed by atoms with Gasteiger partial charge in [0, 0.05) is 16.3 Å². The Bertz CT molecular complexity index is 800. The summed E-state index contributed by atoms with van der Waals surface area (Å²) in [6, 6.07) is 14.3. The van der Waals surface area contributed by atoms with Crippen LogP contribution in [-0.2, 0) is 14.3 Å². The lowest BCUT2D eigenvalue weighted by atomic mass is 10.1. The molecule has 0 spiro atoms. The largest absolute Gasteiger partial charge is 0.454 e. The molecule has 28 heavy (non-hydrogen) atoms. The van der Waals surface area contributed by atoms with Crippen LogP contribution in [-0.4, -0.2) is 42.4 Å². The number of rotatable bonds is 9. The maximum absolute atomic E-state index is 12.4. The Balaban J connectivity index is 1.91. The van der Waals surface area contributed by atoms with E-state index in [0.717, 1.165) is 0 Å². The zero-order chi connectivity index (χ0) is 20.4. The molecule has 0 heterocycles. The first kappa shape index (κ1) is 21.8. The van der Waals surface area contributed by atoms with Crippen LogP contribution in [0.15, 0.2) is 54.6 Å². The lowest BCUT2D eigenvalue weighted by molar-refractivity contribution is -0.149. The number of thioether (sulfide) groups is 1. The van der Waals surface area contributed by atoms with Crippen molar-refractivity contribution in [2.75, 3.05) is 23.9 Å². The van der Waals surface area contributed by atoms with Crippen LogP contribution in [0.2, 0.25) is 5.02 Å². The maximum Gasteiger partial charge on any atom is 0.329 e. The van der Waals surface area contributed by atoms with E-state index in [1.54, 1.807) is 60.3 Å². The van der Waals surface area contributed by atoms with Gasteiger partial charge >= 0.3 is 5.97 Å². The Hall–Kier alpha value is -2.51. The van der Waals surface area contributed by atoms with E-state index in [1.807, 2.05) is 12.3 Å². The van der Waals surface area contributed by atoms with Gasteiger partial charge in [-0.25, -0.2) is 4.79 Å². The van der Waals surface area contributed by atoms with Gasteiger partial charge in [0.1, 0.15) is 6.04 Å². The van der Waals surface area contributed by atoms with Crippen LogP contribution in [0.3, 0.4) is 0 Å². The zero-order valence-corrected chi connectivity index (χ0v) is 16.9. The predicted molar refractivity (Wildman–Crippen MR) is 112 cm³/mol. The number of carbonyl (C=O) groups is 3. The number of ether oxygens (including phenoxy) is 1. The number of anilines is 1. The van der Waals surface area contributed by atoms with Gasteiger partial charge in [0.15, 0.2) is 6.61 Å². The summed E-state index contributed by atoms with van der Waals surface area (Å²) in [7, 11) is 0. The first-order valence-electron chi connectivity index (χ1n) is 8.56. The third-order valence-electron chi connectivity index (χ3n) is 3.71. The molecule has 2 aromatic carbocycles. The molecule has 2 N–H and O–H groups in total. The van der Waals surface area contributed by atoms with E-state index in [2.05, 4.69) is 10.6 Å². The highest BCUT2D eigenvalue weighted by atomic mass is 35.5. The van der Waals surface area contributed by atoms with Crippen LogP contribution in [0.1, 0.15) is 16.8 Å². The van der Waals surface area contributed by atoms with Crippen LogP contribution in [0.4, 0.5) is 5.69 Å². The molecular weight excluding hydrogens is 400 g/mol. The highest BCUT2D eigenvalue weighted by Crippen LogP contribution is 2.11. The molecule has 0 aromatic heterocycles. The third kappa shape index (κ3) is 7.25. The number of benzene rings is 2. The number of amides is 2. The van der Waals surface area contributed by atoms with E-state index in [0.29, 0.717) is 28.4 Å². The van der Waals surface area contributed by atoms with E-state index in [-0.39, 0.29) is 0 Å². The van der Waals surface area contributed by atoms with E-state index < -0.39 is 30.4 Å². The molecule has 0 aliphatic rings. The maximum atomic E-state index is 12.4. The van der Waals surface area contributed by atoms with E-state index in [4.69, 9.17) is 16.3 Å². The highest BCUT2D eigenvalue weighted by Gasteiger charge is 2.23. The highest BCUT2D eigenvalue weighted by molar-refractivity contribution is 7.98. The van der Waals surface area contributed by atoms with Crippen molar-refractivity contribution in [3.63, 3.8) is 0 Å². The summed E-state index contributed by atoms with van der Waals surface area (Å²) in [6.45, 7) is -0.430. The van der Waals surface area contributed by atoms with Gasteiger partial charge in [-0.15, -0.1) is 0 Å². The summed E-state index contributed by atoms with van der Waals surface area (Å²) in [6.07, 6.45) is 2.29. The molecule has 0 saturated heterocycles. The lowest BCUT2D eigenvalue weighted by Gasteiger charge is -2.17. The Kier molecular flexibility index (Phi) is 8.84. The van der Waals surface area contributed by atoms with Crippen LogP contribution >= 0.6 is 23.4 Å². The van der Waals surface area contributed by atoms with Crippen LogP contribution in [0.5, 0.6) is 0 Å². The molecule has 0 bridgehead atoms. The quantitative estimate of drug-likeness (QED) is 0.607. The Morgan fingerprint density at radius 2 is 1.75 bits per heavy atom. The van der Waals surface area contributed by atoms with Gasteiger partial charge in [0.05, 0.1) is 0 Å². The number of hydrogen-bond donors (Lipinski definition) is 2. The van der Waals surface area contributed by atoms with Gasteiger partial charge in [-0.05, 0) is 54.8 Å². The first-order chi connectivity index (χ1) is 13.5. The molecule has 148 valence electrons. The van der Waals surface area contributed by atoms with Crippen molar-refractivity contribution >= 4 is 46.8 Å². The smallest absolute Gasteiger partial charge is 0.329 e. The Morgan fingerprint density at radius 1 is 1.07 bits per heavy atom. The minimum Gasteiger partial charge on any atom is -0.454 e. The average molecular weight is 421 g/mol. The van der Waals surface area contributed by atoms with Crippen molar-refractivity contribution in [3.05, 3.63) is 65.2 Å². The molecule has 1 atom stereocenters. The molecule has 0 unspecified atom stereocenters. The number of carbonyl (C=O) groups excluding carboxylic acids is 3. The average Bonchev–Trinajstić information content (AvgIpc) is 2.70. The molecule has 2 rings (SSSR count). The number of hydrogen-bond acceptors (Lipinski definition) is 5. The number of halogens is 1. The first-order valence-corrected chi connectivity index (χ1v) is 10.3. The molecule has 0 saturated carbocycles. The predicted octanol–water partition coefficient (Wildman–Crippen LogP) is 3.37. The second kappa shape index (κ2) is 11.4. The monoisotopic (exact) mass is 420 g/mol. The van der Waals surface area contributed by atoms with Gasteiger partial charge in [-0.1, -0.05) is 29.8 Å². The van der Waals surface area contributed by atoms with Crippen molar-refractivity contribution < 1.29 is 19.1 Å². The fraction of sp³-hybridized carbons (Fsp3) is 0.250. The normalized spacial score (nSPS) is 11.4. The fourth-order valence-electron chi connectivity index (χ4n) is 2.28. The van der Waals surface area contributed by atoms with Crippen molar-refractivity contribution in [2.24, 2.45) is 0 Å². The van der Waals surface area contributed by atoms with Gasteiger partial charge < -0.3 is 15.4 Å². The summed E-state index contributed by atoms with van der Waals surface area (Å²) >= 11 is 7.37. The van der Waals surface area contributed by atoms with Crippen LogP contribution < -0.4 is 10.6 Å². The molecule has 2 amide bonds. The minimum absolute atomic E-state index is 0.383. The van der Waals surface area contributed by atoms with E-state index in [9.17, 15) is 14.4 Å². The molecular formula is C20H21ClN2O4S. The van der Waals surface area contributed by atoms with Gasteiger partial charge in [0.25, 0.3) is 11.8 Å². The second-order valence-corrected chi connectivity index (χ2v) is 7.26. The van der Waals surface area contributed by atoms with Gasteiger partial charge in [-0.2, -0.15) is 11.8 Å². The standard InChI is InChI=1S/C20H21ClN2O4S/c1-28-12-11-17(23-19(25)14-7-9-15(21)10-8-14)20(26)27-13-18(24)22-16-5-3-2-4-6-16/h2-10,17H,11-13H2,1H3,(H,22,24)(H,23,25)/t17-/m0/s1. The summed E-state index contributed by atoms with van der Waals surface area (Å²) < 4.78 is 5.10. The lowest BCUT2D eigenvalue weighted by Crippen LogP contribution is -2.43. The number of para-hydroxylation sites is 1. The van der Waals surface area contributed by atoms with Gasteiger partial charge in [-0.3, -0.25) is 9.59 Å². The second-order valence-electron chi connectivity index (χ2n) is 5.84. The summed E-state index contributed by atoms with van der Waals surface area (Å²) in [4.78, 5) is 36.7. The molecule has 2 aromatic rings. The minimum atomic E-state index is -0.847. The Morgan fingerprint density at radius 3 is 2.39 bits per heavy atom. The fourth-order valence-corrected chi connectivity index (χ4v) is 2.88. The topological polar surface area (TPSA) is 84.5 Å². The zero-order valence-electron chi connectivity index (χ0n) is 15.3. The van der Waals surface area contributed by atoms with Crippen molar-refractivity contribution in [3.8, 4) is 0 Å². The van der Waals surface area contributed by atoms with Crippen molar-refractivity contribution in [2.45, 2.75) is 12.5 Å². The molecule has 0 fully saturated rings. The van der Waals surface area contributed by atoms with Gasteiger partial charge in [0.2, 0.25) is 0 Å². The molecule has 0 aliphatic carbocycles.